The zero-order chi connectivity index (χ0) is 16.8. The van der Waals surface area contributed by atoms with Crippen molar-refractivity contribution in [1.82, 2.24) is 0 Å². The van der Waals surface area contributed by atoms with Crippen LogP contribution in [0.2, 0.25) is 0 Å². The van der Waals surface area contributed by atoms with Crippen LogP contribution in [0.3, 0.4) is 0 Å². The molecule has 24 heavy (non-hydrogen) atoms. The quantitative estimate of drug-likeness (QED) is 0.723. The largest absolute Gasteiger partial charge is 0.324 e. The summed E-state index contributed by atoms with van der Waals surface area (Å²) in [5.74, 6) is -0.219. The number of hydrogen-bond acceptors (Lipinski definition) is 3. The fourth-order valence-corrected chi connectivity index (χ4v) is 3.19. The lowest BCUT2D eigenvalue weighted by atomic mass is 10.1. The van der Waals surface area contributed by atoms with Crippen molar-refractivity contribution in [2.45, 2.75) is 15.8 Å². The van der Waals surface area contributed by atoms with Gasteiger partial charge >= 0.3 is 0 Å². The number of nitrogens with one attached hydrogen (secondary N) is 1. The summed E-state index contributed by atoms with van der Waals surface area (Å²) in [7, 11) is 0. The Hall–Kier alpha value is -2.56. The van der Waals surface area contributed by atoms with Gasteiger partial charge in [0.2, 0.25) is 5.91 Å². The van der Waals surface area contributed by atoms with Crippen LogP contribution in [0.4, 0.5) is 5.69 Å². The molecule has 0 aromatic heterocycles. The van der Waals surface area contributed by atoms with Crippen molar-refractivity contribution in [3.63, 3.8) is 0 Å². The highest BCUT2D eigenvalue weighted by atomic mass is 32.2. The molecule has 3 nitrogen and oxygen atoms in total. The van der Waals surface area contributed by atoms with E-state index in [1.54, 1.807) is 11.8 Å². The van der Waals surface area contributed by atoms with E-state index in [1.807, 2.05) is 72.8 Å². The van der Waals surface area contributed by atoms with Crippen molar-refractivity contribution in [2.24, 2.45) is 5.73 Å². The van der Waals surface area contributed by atoms with Gasteiger partial charge < -0.3 is 11.1 Å². The summed E-state index contributed by atoms with van der Waals surface area (Å²) in [6, 6.07) is 26.6. The summed E-state index contributed by atoms with van der Waals surface area (Å²) in [5.41, 5.74) is 7.57. The minimum Gasteiger partial charge on any atom is -0.324 e. The molecular weight excluding hydrogens is 316 g/mol. The van der Waals surface area contributed by atoms with E-state index in [1.165, 1.54) is 0 Å². The van der Waals surface area contributed by atoms with Gasteiger partial charge in [-0.1, -0.05) is 66.4 Å². The molecule has 3 rings (SSSR count). The maximum atomic E-state index is 12.3. The molecule has 0 saturated heterocycles. The normalized spacial score (nSPS) is 11.7. The summed E-state index contributed by atoms with van der Waals surface area (Å²) in [5, 5.41) is 2.89. The lowest BCUT2D eigenvalue weighted by molar-refractivity contribution is -0.117. The van der Waals surface area contributed by atoms with Crippen molar-refractivity contribution in [2.75, 3.05) is 5.32 Å². The first-order valence-electron chi connectivity index (χ1n) is 7.67. The number of nitrogens with two attached hydrogens (primary N) is 1. The fourth-order valence-electron chi connectivity index (χ4n) is 2.29. The second-order valence-corrected chi connectivity index (χ2v) is 6.47. The van der Waals surface area contributed by atoms with Crippen molar-refractivity contribution < 1.29 is 4.79 Å². The first-order chi connectivity index (χ1) is 11.7. The SMILES string of the molecule is NC(C(=O)Nc1cccc(Sc2ccccc2)c1)c1ccccc1. The first kappa shape index (κ1) is 16.3. The molecule has 1 unspecified atom stereocenters. The number of benzene rings is 3. The van der Waals surface area contributed by atoms with E-state index in [9.17, 15) is 4.79 Å². The predicted molar refractivity (Wildman–Crippen MR) is 99.0 cm³/mol. The molecule has 0 fully saturated rings. The number of anilines is 1. The molecule has 0 aliphatic heterocycles. The number of hydrogen-bond donors (Lipinski definition) is 2. The Morgan fingerprint density at radius 3 is 2.17 bits per heavy atom. The second-order valence-electron chi connectivity index (χ2n) is 5.32. The van der Waals surface area contributed by atoms with Crippen LogP contribution in [0.1, 0.15) is 11.6 Å². The van der Waals surface area contributed by atoms with Crippen LogP contribution in [0.5, 0.6) is 0 Å². The molecule has 0 aliphatic carbocycles. The van der Waals surface area contributed by atoms with Gasteiger partial charge in [-0.05, 0) is 35.9 Å². The van der Waals surface area contributed by atoms with E-state index in [4.69, 9.17) is 5.73 Å². The van der Waals surface area contributed by atoms with Crippen LogP contribution in [0, 0.1) is 0 Å². The van der Waals surface area contributed by atoms with Crippen molar-refractivity contribution >= 4 is 23.4 Å². The third kappa shape index (κ3) is 4.25. The molecule has 0 heterocycles. The zero-order valence-electron chi connectivity index (χ0n) is 13.1. The molecular formula is C20H18N2OS. The average Bonchev–Trinajstić information content (AvgIpc) is 2.63. The van der Waals surface area contributed by atoms with Gasteiger partial charge in [0.05, 0.1) is 0 Å². The van der Waals surface area contributed by atoms with Gasteiger partial charge in [-0.25, -0.2) is 0 Å². The third-order valence-electron chi connectivity index (χ3n) is 3.52. The molecule has 3 N–H and O–H groups in total. The summed E-state index contributed by atoms with van der Waals surface area (Å²) < 4.78 is 0. The first-order valence-corrected chi connectivity index (χ1v) is 8.48. The Kier molecular flexibility index (Phi) is 5.31. The van der Waals surface area contributed by atoms with Crippen molar-refractivity contribution in [3.8, 4) is 0 Å². The second kappa shape index (κ2) is 7.81. The summed E-state index contributed by atoms with van der Waals surface area (Å²) in [4.78, 5) is 14.6. The van der Waals surface area contributed by atoms with Crippen LogP contribution >= 0.6 is 11.8 Å². The lowest BCUT2D eigenvalue weighted by Crippen LogP contribution is -2.27. The molecule has 1 atom stereocenters. The highest BCUT2D eigenvalue weighted by Gasteiger charge is 2.15. The summed E-state index contributed by atoms with van der Waals surface area (Å²) >= 11 is 1.65. The lowest BCUT2D eigenvalue weighted by Gasteiger charge is -2.13. The van der Waals surface area contributed by atoms with Gasteiger partial charge in [0.1, 0.15) is 6.04 Å². The Bertz CT molecular complexity index is 806. The molecule has 4 heteroatoms. The molecule has 3 aromatic carbocycles. The van der Waals surface area contributed by atoms with Crippen LogP contribution in [0.25, 0.3) is 0 Å². The van der Waals surface area contributed by atoms with Gasteiger partial charge in [0, 0.05) is 15.5 Å². The molecule has 0 spiro atoms. The summed E-state index contributed by atoms with van der Waals surface area (Å²) in [6.07, 6.45) is 0. The minimum atomic E-state index is -0.684. The molecule has 3 aromatic rings. The molecule has 0 saturated carbocycles. The highest BCUT2D eigenvalue weighted by Crippen LogP contribution is 2.29. The van der Waals surface area contributed by atoms with Gasteiger partial charge in [-0.15, -0.1) is 0 Å². The van der Waals surface area contributed by atoms with Crippen molar-refractivity contribution in [3.05, 3.63) is 90.5 Å². The smallest absolute Gasteiger partial charge is 0.245 e. The van der Waals surface area contributed by atoms with E-state index in [0.29, 0.717) is 0 Å². The zero-order valence-corrected chi connectivity index (χ0v) is 13.9. The van der Waals surface area contributed by atoms with Gasteiger partial charge in [-0.3, -0.25) is 4.79 Å². The van der Waals surface area contributed by atoms with E-state index in [0.717, 1.165) is 21.0 Å². The van der Waals surface area contributed by atoms with E-state index in [-0.39, 0.29) is 5.91 Å². The molecule has 0 radical (unpaired) electrons. The number of carbonyl (C=O) groups excluding carboxylic acids is 1. The molecule has 120 valence electrons. The summed E-state index contributed by atoms with van der Waals surface area (Å²) in [6.45, 7) is 0. The van der Waals surface area contributed by atoms with Crippen LogP contribution < -0.4 is 11.1 Å². The fraction of sp³-hybridized carbons (Fsp3) is 0.0500. The third-order valence-corrected chi connectivity index (χ3v) is 4.52. The van der Waals surface area contributed by atoms with E-state index in [2.05, 4.69) is 17.4 Å². The minimum absolute atomic E-state index is 0.219. The van der Waals surface area contributed by atoms with Gasteiger partial charge in [0.15, 0.2) is 0 Å². The Morgan fingerprint density at radius 1 is 0.833 bits per heavy atom. The van der Waals surface area contributed by atoms with Crippen LogP contribution in [-0.2, 0) is 4.79 Å². The van der Waals surface area contributed by atoms with Crippen molar-refractivity contribution in [1.29, 1.82) is 0 Å². The number of carbonyl (C=O) groups is 1. The Balaban J connectivity index is 1.69. The highest BCUT2D eigenvalue weighted by molar-refractivity contribution is 7.99. The monoisotopic (exact) mass is 334 g/mol. The molecule has 0 aliphatic rings. The Morgan fingerprint density at radius 2 is 1.46 bits per heavy atom. The predicted octanol–water partition coefficient (Wildman–Crippen LogP) is 4.48. The Labute approximate surface area is 145 Å². The molecule has 0 bridgehead atoms. The average molecular weight is 334 g/mol. The van der Waals surface area contributed by atoms with E-state index < -0.39 is 6.04 Å². The van der Waals surface area contributed by atoms with Crippen LogP contribution in [0.15, 0.2) is 94.7 Å². The maximum absolute atomic E-state index is 12.3. The number of rotatable bonds is 5. The molecule has 1 amide bonds. The van der Waals surface area contributed by atoms with Gasteiger partial charge in [0.25, 0.3) is 0 Å². The van der Waals surface area contributed by atoms with E-state index >= 15 is 0 Å². The van der Waals surface area contributed by atoms with Gasteiger partial charge in [-0.2, -0.15) is 0 Å². The standard InChI is InChI=1S/C20H18N2OS/c21-19(15-8-3-1-4-9-15)20(23)22-16-10-7-13-18(14-16)24-17-11-5-2-6-12-17/h1-14,19H,21H2,(H,22,23). The maximum Gasteiger partial charge on any atom is 0.245 e. The number of amides is 1. The topological polar surface area (TPSA) is 55.1 Å². The van der Waals surface area contributed by atoms with Crippen LogP contribution in [-0.4, -0.2) is 5.91 Å².